The maximum atomic E-state index is 11.3. The molecule has 0 spiro atoms. The van der Waals surface area contributed by atoms with Crippen molar-refractivity contribution in [3.05, 3.63) is 63.2 Å². The van der Waals surface area contributed by atoms with Crippen molar-refractivity contribution in [1.82, 2.24) is 0 Å². The topological polar surface area (TPSA) is 92.5 Å². The van der Waals surface area contributed by atoms with Crippen LogP contribution in [0.4, 0.5) is 17.1 Å². The van der Waals surface area contributed by atoms with Crippen molar-refractivity contribution in [1.29, 1.82) is 0 Å². The first kappa shape index (κ1) is 14.5. The van der Waals surface area contributed by atoms with Gasteiger partial charge in [-0.25, -0.2) is 4.79 Å². The van der Waals surface area contributed by atoms with Crippen LogP contribution in [0.1, 0.15) is 21.5 Å². The Kier molecular flexibility index (Phi) is 3.89. The molecule has 0 saturated carbocycles. The molecule has 2 aromatic carbocycles. The van der Waals surface area contributed by atoms with Crippen LogP contribution in [0.5, 0.6) is 0 Å². The second-order valence-electron chi connectivity index (χ2n) is 4.66. The van der Waals surface area contributed by atoms with Crippen molar-refractivity contribution in [2.75, 3.05) is 5.32 Å². The summed E-state index contributed by atoms with van der Waals surface area (Å²) in [6.45, 7) is 3.87. The highest BCUT2D eigenvalue weighted by atomic mass is 16.6. The third kappa shape index (κ3) is 3.00. The monoisotopic (exact) mass is 286 g/mol. The number of aromatic carboxylic acids is 1. The van der Waals surface area contributed by atoms with Gasteiger partial charge in [-0.3, -0.25) is 10.1 Å². The van der Waals surface area contributed by atoms with Crippen LogP contribution < -0.4 is 5.32 Å². The van der Waals surface area contributed by atoms with E-state index >= 15 is 0 Å². The van der Waals surface area contributed by atoms with Crippen LogP contribution in [0, 0.1) is 24.0 Å². The summed E-state index contributed by atoms with van der Waals surface area (Å²) >= 11 is 0. The first-order valence-corrected chi connectivity index (χ1v) is 6.25. The molecule has 0 radical (unpaired) electrons. The number of aryl methyl sites for hydroxylation is 1. The Hall–Kier alpha value is -2.89. The number of rotatable bonds is 4. The quantitative estimate of drug-likeness (QED) is 0.661. The second kappa shape index (κ2) is 5.62. The summed E-state index contributed by atoms with van der Waals surface area (Å²) in [6.07, 6.45) is 0. The number of nitrogens with one attached hydrogen (secondary N) is 1. The molecular formula is C15H14N2O4. The fourth-order valence-corrected chi connectivity index (χ4v) is 1.96. The van der Waals surface area contributed by atoms with Gasteiger partial charge >= 0.3 is 5.97 Å². The van der Waals surface area contributed by atoms with Crippen LogP contribution in [-0.2, 0) is 0 Å². The molecule has 0 saturated heterocycles. The van der Waals surface area contributed by atoms with E-state index in [1.165, 1.54) is 12.1 Å². The molecule has 6 heteroatoms. The van der Waals surface area contributed by atoms with E-state index < -0.39 is 10.9 Å². The standard InChI is InChI=1S/C15H14N2O4/c1-9-4-3-5-13(10(9)2)16-14-7-6-11(17(20)21)8-12(14)15(18)19/h3-8,16H,1-2H3,(H,18,19). The van der Waals surface area contributed by atoms with E-state index in [1.807, 2.05) is 32.0 Å². The molecule has 0 bridgehead atoms. The van der Waals surface area contributed by atoms with E-state index in [2.05, 4.69) is 5.32 Å². The van der Waals surface area contributed by atoms with Gasteiger partial charge in [0.15, 0.2) is 0 Å². The molecule has 2 aromatic rings. The number of anilines is 2. The molecule has 2 rings (SSSR count). The van der Waals surface area contributed by atoms with E-state index in [4.69, 9.17) is 0 Å². The molecule has 0 unspecified atom stereocenters. The molecule has 0 fully saturated rings. The van der Waals surface area contributed by atoms with E-state index in [0.29, 0.717) is 5.69 Å². The number of nitrogens with zero attached hydrogens (tertiary/aromatic N) is 1. The van der Waals surface area contributed by atoms with Gasteiger partial charge < -0.3 is 10.4 Å². The number of carboxylic acids is 1. The van der Waals surface area contributed by atoms with Gasteiger partial charge in [-0.05, 0) is 37.1 Å². The Balaban J connectivity index is 2.46. The van der Waals surface area contributed by atoms with Gasteiger partial charge in [0.25, 0.3) is 5.69 Å². The van der Waals surface area contributed by atoms with Crippen molar-refractivity contribution in [2.45, 2.75) is 13.8 Å². The minimum Gasteiger partial charge on any atom is -0.478 e. The third-order valence-corrected chi connectivity index (χ3v) is 3.32. The van der Waals surface area contributed by atoms with Crippen molar-refractivity contribution in [3.8, 4) is 0 Å². The number of non-ortho nitro benzene ring substituents is 1. The SMILES string of the molecule is Cc1cccc(Nc2ccc([N+](=O)[O-])cc2C(=O)O)c1C. The van der Waals surface area contributed by atoms with Crippen LogP contribution in [0.15, 0.2) is 36.4 Å². The number of nitro groups is 1. The van der Waals surface area contributed by atoms with Crippen molar-refractivity contribution < 1.29 is 14.8 Å². The molecule has 2 N–H and O–H groups in total. The Morgan fingerprint density at radius 3 is 2.52 bits per heavy atom. The Labute approximate surface area is 121 Å². The summed E-state index contributed by atoms with van der Waals surface area (Å²) in [5.41, 5.74) is 2.77. The average molecular weight is 286 g/mol. The Morgan fingerprint density at radius 2 is 1.90 bits per heavy atom. The van der Waals surface area contributed by atoms with Gasteiger partial charge in [-0.2, -0.15) is 0 Å². The predicted octanol–water partition coefficient (Wildman–Crippen LogP) is 3.65. The fraction of sp³-hybridized carbons (Fsp3) is 0.133. The number of carboxylic acid groups (broad SMARTS) is 1. The number of carbonyl (C=O) groups is 1. The van der Waals surface area contributed by atoms with Gasteiger partial charge in [0.2, 0.25) is 0 Å². The molecule has 108 valence electrons. The van der Waals surface area contributed by atoms with Crippen LogP contribution in [-0.4, -0.2) is 16.0 Å². The zero-order chi connectivity index (χ0) is 15.6. The normalized spacial score (nSPS) is 10.2. The minimum atomic E-state index is -1.22. The summed E-state index contributed by atoms with van der Waals surface area (Å²) in [4.78, 5) is 21.4. The van der Waals surface area contributed by atoms with Gasteiger partial charge in [0.05, 0.1) is 16.2 Å². The maximum absolute atomic E-state index is 11.3. The lowest BCUT2D eigenvalue weighted by Gasteiger charge is -2.13. The highest BCUT2D eigenvalue weighted by Crippen LogP contribution is 2.28. The average Bonchev–Trinajstić information content (AvgIpc) is 2.43. The van der Waals surface area contributed by atoms with Gasteiger partial charge in [0, 0.05) is 17.8 Å². The van der Waals surface area contributed by atoms with E-state index in [9.17, 15) is 20.0 Å². The largest absolute Gasteiger partial charge is 0.478 e. The number of hydrogen-bond acceptors (Lipinski definition) is 4. The number of nitro benzene ring substituents is 1. The maximum Gasteiger partial charge on any atom is 0.338 e. The fourth-order valence-electron chi connectivity index (χ4n) is 1.96. The Bertz CT molecular complexity index is 726. The molecule has 0 aliphatic rings. The first-order chi connectivity index (χ1) is 9.90. The summed E-state index contributed by atoms with van der Waals surface area (Å²) in [6, 6.07) is 9.37. The van der Waals surface area contributed by atoms with Crippen LogP contribution in [0.2, 0.25) is 0 Å². The zero-order valence-corrected chi connectivity index (χ0v) is 11.6. The van der Waals surface area contributed by atoms with E-state index in [1.54, 1.807) is 0 Å². The number of benzene rings is 2. The lowest BCUT2D eigenvalue weighted by Crippen LogP contribution is -2.05. The summed E-state index contributed by atoms with van der Waals surface area (Å²) < 4.78 is 0. The summed E-state index contributed by atoms with van der Waals surface area (Å²) in [7, 11) is 0. The molecule has 6 nitrogen and oxygen atoms in total. The molecule has 0 aliphatic heterocycles. The second-order valence-corrected chi connectivity index (χ2v) is 4.66. The molecule has 0 amide bonds. The molecule has 0 aliphatic carbocycles. The zero-order valence-electron chi connectivity index (χ0n) is 11.6. The molecule has 0 aromatic heterocycles. The molecule has 0 atom stereocenters. The van der Waals surface area contributed by atoms with Gasteiger partial charge in [-0.1, -0.05) is 12.1 Å². The molecule has 0 heterocycles. The van der Waals surface area contributed by atoms with Crippen LogP contribution >= 0.6 is 0 Å². The summed E-state index contributed by atoms with van der Waals surface area (Å²) in [5.74, 6) is -1.22. The van der Waals surface area contributed by atoms with Crippen LogP contribution in [0.3, 0.4) is 0 Å². The van der Waals surface area contributed by atoms with Crippen LogP contribution in [0.25, 0.3) is 0 Å². The van der Waals surface area contributed by atoms with E-state index in [0.717, 1.165) is 22.9 Å². The van der Waals surface area contributed by atoms with Gasteiger partial charge in [-0.15, -0.1) is 0 Å². The Morgan fingerprint density at radius 1 is 1.19 bits per heavy atom. The predicted molar refractivity (Wildman–Crippen MR) is 79.3 cm³/mol. The van der Waals surface area contributed by atoms with Gasteiger partial charge in [0.1, 0.15) is 0 Å². The smallest absolute Gasteiger partial charge is 0.338 e. The highest BCUT2D eigenvalue weighted by Gasteiger charge is 2.16. The van der Waals surface area contributed by atoms with Crippen molar-refractivity contribution in [3.63, 3.8) is 0 Å². The molecule has 21 heavy (non-hydrogen) atoms. The highest BCUT2D eigenvalue weighted by molar-refractivity contribution is 5.96. The third-order valence-electron chi connectivity index (χ3n) is 3.32. The lowest BCUT2D eigenvalue weighted by molar-refractivity contribution is -0.384. The molecular weight excluding hydrogens is 272 g/mol. The minimum absolute atomic E-state index is 0.134. The van der Waals surface area contributed by atoms with Crippen molar-refractivity contribution in [2.24, 2.45) is 0 Å². The lowest BCUT2D eigenvalue weighted by atomic mass is 10.1. The number of hydrogen-bond donors (Lipinski definition) is 2. The first-order valence-electron chi connectivity index (χ1n) is 6.25. The summed E-state index contributed by atoms with van der Waals surface area (Å²) in [5, 5.41) is 23.0. The van der Waals surface area contributed by atoms with Crippen molar-refractivity contribution >= 4 is 23.0 Å². The van der Waals surface area contributed by atoms with E-state index in [-0.39, 0.29) is 11.3 Å².